The van der Waals surface area contributed by atoms with E-state index in [2.05, 4.69) is 16.5 Å². The molecule has 3 amide bonds. The van der Waals surface area contributed by atoms with Crippen molar-refractivity contribution in [2.45, 2.75) is 25.9 Å². The van der Waals surface area contributed by atoms with E-state index in [9.17, 15) is 14.4 Å². The number of imidazole rings is 2. The van der Waals surface area contributed by atoms with Crippen molar-refractivity contribution in [3.8, 4) is 0 Å². The maximum Gasteiger partial charge on any atom is 0.248 e. The normalized spacial score (nSPS) is 14.2. The fraction of sp³-hybridized carbons (Fsp3) is 0.389. The lowest BCUT2D eigenvalue weighted by atomic mass is 10.3. The van der Waals surface area contributed by atoms with E-state index in [0.717, 1.165) is 0 Å². The standard InChI is InChI=1S/C18H23N7O3/c1-2-16(26)23-13-24(17(27)3-7-21-9-5-19-11-21)15-25(14-23)18(28)4-8-22-10-6-20-12-22/h2,5-6,9-12H,1,3-4,7-8,13-15H2. The molecule has 0 bridgehead atoms. The Balaban J connectivity index is 1.62. The summed E-state index contributed by atoms with van der Waals surface area (Å²) in [5, 5.41) is 0. The molecular weight excluding hydrogens is 362 g/mol. The molecule has 0 unspecified atom stereocenters. The largest absolute Gasteiger partial charge is 0.337 e. The highest BCUT2D eigenvalue weighted by Crippen LogP contribution is 2.12. The zero-order valence-electron chi connectivity index (χ0n) is 15.6. The van der Waals surface area contributed by atoms with Crippen molar-refractivity contribution in [1.82, 2.24) is 33.8 Å². The molecule has 1 saturated heterocycles. The number of aryl methyl sites for hydroxylation is 2. The van der Waals surface area contributed by atoms with Crippen LogP contribution >= 0.6 is 0 Å². The Morgan fingerprint density at radius 1 is 0.821 bits per heavy atom. The van der Waals surface area contributed by atoms with Crippen LogP contribution in [0.1, 0.15) is 12.8 Å². The zero-order valence-corrected chi connectivity index (χ0v) is 15.6. The molecule has 0 aliphatic carbocycles. The van der Waals surface area contributed by atoms with Gasteiger partial charge in [-0.3, -0.25) is 14.4 Å². The topological polar surface area (TPSA) is 96.6 Å². The van der Waals surface area contributed by atoms with Gasteiger partial charge >= 0.3 is 0 Å². The smallest absolute Gasteiger partial charge is 0.248 e. The van der Waals surface area contributed by atoms with Gasteiger partial charge in [0.1, 0.15) is 0 Å². The van der Waals surface area contributed by atoms with E-state index in [-0.39, 0.29) is 50.6 Å². The Kier molecular flexibility index (Phi) is 6.20. The van der Waals surface area contributed by atoms with Crippen LogP contribution in [0.5, 0.6) is 0 Å². The summed E-state index contributed by atoms with van der Waals surface area (Å²) in [6.45, 7) is 4.90. The fourth-order valence-corrected chi connectivity index (χ4v) is 2.94. The van der Waals surface area contributed by atoms with Crippen molar-refractivity contribution < 1.29 is 14.4 Å². The Labute approximate surface area is 162 Å². The SMILES string of the molecule is C=CC(=O)N1CN(C(=O)CCn2ccnc2)CN(C(=O)CCn2ccnc2)C1. The Bertz CT molecular complexity index is 758. The van der Waals surface area contributed by atoms with Crippen molar-refractivity contribution in [2.24, 2.45) is 0 Å². The maximum absolute atomic E-state index is 12.6. The highest BCUT2D eigenvalue weighted by Gasteiger charge is 2.30. The van der Waals surface area contributed by atoms with Gasteiger partial charge in [-0.25, -0.2) is 9.97 Å². The summed E-state index contributed by atoms with van der Waals surface area (Å²) < 4.78 is 3.62. The van der Waals surface area contributed by atoms with E-state index in [1.165, 1.54) is 20.8 Å². The molecule has 0 atom stereocenters. The summed E-state index contributed by atoms with van der Waals surface area (Å²) in [5.41, 5.74) is 0. The molecule has 1 aliphatic heterocycles. The van der Waals surface area contributed by atoms with E-state index in [0.29, 0.717) is 13.1 Å². The Morgan fingerprint density at radius 3 is 1.68 bits per heavy atom. The lowest BCUT2D eigenvalue weighted by Crippen LogP contribution is -2.59. The lowest BCUT2D eigenvalue weighted by molar-refractivity contribution is -0.156. The minimum Gasteiger partial charge on any atom is -0.337 e. The summed E-state index contributed by atoms with van der Waals surface area (Å²) in [6, 6.07) is 0. The molecule has 2 aromatic heterocycles. The van der Waals surface area contributed by atoms with Crippen LogP contribution in [0.25, 0.3) is 0 Å². The van der Waals surface area contributed by atoms with Crippen molar-refractivity contribution in [1.29, 1.82) is 0 Å². The third kappa shape index (κ3) is 4.84. The zero-order chi connectivity index (χ0) is 19.9. The van der Waals surface area contributed by atoms with Gasteiger partial charge in [-0.15, -0.1) is 0 Å². The quantitative estimate of drug-likeness (QED) is 0.631. The minimum absolute atomic E-state index is 0.136. The van der Waals surface area contributed by atoms with Crippen molar-refractivity contribution in [3.63, 3.8) is 0 Å². The summed E-state index contributed by atoms with van der Waals surface area (Å²) in [7, 11) is 0. The lowest BCUT2D eigenvalue weighted by Gasteiger charge is -2.42. The summed E-state index contributed by atoms with van der Waals surface area (Å²) in [4.78, 5) is 49.7. The number of nitrogens with zero attached hydrogens (tertiary/aromatic N) is 7. The van der Waals surface area contributed by atoms with Crippen LogP contribution < -0.4 is 0 Å². The van der Waals surface area contributed by atoms with Crippen LogP contribution in [0.15, 0.2) is 50.1 Å². The molecule has 1 aliphatic rings. The second-order valence-electron chi connectivity index (χ2n) is 6.47. The summed E-state index contributed by atoms with van der Waals surface area (Å²) in [5.74, 6) is -0.593. The van der Waals surface area contributed by atoms with Crippen molar-refractivity contribution in [3.05, 3.63) is 50.1 Å². The monoisotopic (exact) mass is 385 g/mol. The molecular formula is C18H23N7O3. The summed E-state index contributed by atoms with van der Waals surface area (Å²) >= 11 is 0. The van der Waals surface area contributed by atoms with E-state index < -0.39 is 0 Å². The number of hydrogen-bond acceptors (Lipinski definition) is 5. The predicted octanol–water partition coefficient (Wildman–Crippen LogP) is 0.118. The minimum atomic E-state index is -0.320. The number of carbonyl (C=O) groups excluding carboxylic acids is 3. The third-order valence-corrected chi connectivity index (χ3v) is 4.50. The first-order valence-electron chi connectivity index (χ1n) is 8.95. The molecule has 0 aromatic carbocycles. The van der Waals surface area contributed by atoms with Gasteiger partial charge in [0.05, 0.1) is 32.7 Å². The predicted molar refractivity (Wildman–Crippen MR) is 99.0 cm³/mol. The third-order valence-electron chi connectivity index (χ3n) is 4.50. The molecule has 0 N–H and O–H groups in total. The van der Waals surface area contributed by atoms with Crippen LogP contribution in [0, 0.1) is 0 Å². The van der Waals surface area contributed by atoms with Gasteiger partial charge in [-0.05, 0) is 6.08 Å². The van der Waals surface area contributed by atoms with Gasteiger partial charge < -0.3 is 23.8 Å². The highest BCUT2D eigenvalue weighted by molar-refractivity contribution is 5.88. The Hall–Kier alpha value is -3.43. The van der Waals surface area contributed by atoms with Crippen LogP contribution in [0.3, 0.4) is 0 Å². The van der Waals surface area contributed by atoms with Gasteiger partial charge in [-0.2, -0.15) is 0 Å². The first-order valence-corrected chi connectivity index (χ1v) is 8.95. The molecule has 0 radical (unpaired) electrons. The second kappa shape index (κ2) is 8.98. The average molecular weight is 385 g/mol. The van der Waals surface area contributed by atoms with Gasteiger partial charge in [0.2, 0.25) is 17.7 Å². The number of rotatable bonds is 7. The second-order valence-corrected chi connectivity index (χ2v) is 6.47. The molecule has 10 nitrogen and oxygen atoms in total. The van der Waals surface area contributed by atoms with Gasteiger partial charge in [0.25, 0.3) is 0 Å². The van der Waals surface area contributed by atoms with Crippen LogP contribution in [-0.4, -0.2) is 71.5 Å². The number of hydrogen-bond donors (Lipinski definition) is 0. The van der Waals surface area contributed by atoms with Crippen LogP contribution in [-0.2, 0) is 27.5 Å². The van der Waals surface area contributed by atoms with Gasteiger partial charge in [-0.1, -0.05) is 6.58 Å². The van der Waals surface area contributed by atoms with Gasteiger partial charge in [0, 0.05) is 50.7 Å². The van der Waals surface area contributed by atoms with E-state index >= 15 is 0 Å². The number of amides is 3. The van der Waals surface area contributed by atoms with E-state index in [4.69, 9.17) is 0 Å². The molecule has 28 heavy (non-hydrogen) atoms. The number of carbonyl (C=O) groups is 3. The Morgan fingerprint density at radius 2 is 1.29 bits per heavy atom. The molecule has 2 aromatic rings. The molecule has 1 fully saturated rings. The first-order chi connectivity index (χ1) is 13.6. The number of aromatic nitrogens is 4. The summed E-state index contributed by atoms with van der Waals surface area (Å²) in [6.07, 6.45) is 11.8. The fourth-order valence-electron chi connectivity index (χ4n) is 2.94. The van der Waals surface area contributed by atoms with E-state index in [1.54, 1.807) is 37.4 Å². The van der Waals surface area contributed by atoms with E-state index in [1.807, 2.05) is 9.13 Å². The average Bonchev–Trinajstić information content (AvgIpc) is 3.43. The first kappa shape index (κ1) is 19.3. The van der Waals surface area contributed by atoms with Crippen LogP contribution in [0.4, 0.5) is 0 Å². The van der Waals surface area contributed by atoms with Crippen LogP contribution in [0.2, 0.25) is 0 Å². The molecule has 3 rings (SSSR count). The molecule has 148 valence electrons. The molecule has 3 heterocycles. The highest BCUT2D eigenvalue weighted by atomic mass is 16.2. The molecule has 0 saturated carbocycles. The van der Waals surface area contributed by atoms with Crippen molar-refractivity contribution >= 4 is 17.7 Å². The molecule has 10 heteroatoms. The van der Waals surface area contributed by atoms with Gasteiger partial charge in [0.15, 0.2) is 0 Å². The maximum atomic E-state index is 12.6. The van der Waals surface area contributed by atoms with Crippen molar-refractivity contribution in [2.75, 3.05) is 20.0 Å². The molecule has 0 spiro atoms.